The normalized spacial score (nSPS) is 11.6. The summed E-state index contributed by atoms with van der Waals surface area (Å²) in [6.07, 6.45) is 12.3. The molecule has 0 fully saturated rings. The quantitative estimate of drug-likeness (QED) is 0.465. The Hall–Kier alpha value is -4.27. The van der Waals surface area contributed by atoms with Crippen molar-refractivity contribution in [3.05, 3.63) is 67.6 Å². The van der Waals surface area contributed by atoms with E-state index in [2.05, 4.69) is 35.2 Å². The number of nitrogens with zero attached hydrogens (tertiary/aromatic N) is 9. The van der Waals surface area contributed by atoms with Gasteiger partial charge in [0, 0.05) is 42.1 Å². The lowest BCUT2D eigenvalue weighted by Crippen LogP contribution is -1.94. The highest BCUT2D eigenvalue weighted by Crippen LogP contribution is 2.27. The zero-order chi connectivity index (χ0) is 18.5. The SMILES string of the molecule is c1cnn2ncc(-c3cnc4c(-c5ccc6nccnc6n5)cnn4c3)c2c1. The number of rotatable bonds is 2. The minimum absolute atomic E-state index is 0.592. The second kappa shape index (κ2) is 5.61. The van der Waals surface area contributed by atoms with Gasteiger partial charge >= 0.3 is 0 Å². The Morgan fingerprint density at radius 2 is 1.68 bits per heavy atom. The number of aromatic nitrogens is 9. The van der Waals surface area contributed by atoms with E-state index in [1.165, 1.54) is 0 Å². The van der Waals surface area contributed by atoms with E-state index < -0.39 is 0 Å². The summed E-state index contributed by atoms with van der Waals surface area (Å²) in [4.78, 5) is 17.7. The van der Waals surface area contributed by atoms with E-state index >= 15 is 0 Å². The molecule has 0 saturated carbocycles. The lowest BCUT2D eigenvalue weighted by molar-refractivity contribution is 0.800. The van der Waals surface area contributed by atoms with Gasteiger partial charge in [-0.05, 0) is 24.3 Å². The van der Waals surface area contributed by atoms with Crippen LogP contribution in [0, 0.1) is 0 Å². The molecule has 6 heterocycles. The van der Waals surface area contributed by atoms with E-state index in [1.54, 1.807) is 40.1 Å². The Morgan fingerprint density at radius 3 is 2.68 bits per heavy atom. The molecular formula is C19H11N9. The van der Waals surface area contributed by atoms with Crippen molar-refractivity contribution in [2.75, 3.05) is 0 Å². The summed E-state index contributed by atoms with van der Waals surface area (Å²) in [5.41, 5.74) is 6.40. The first-order chi connectivity index (χ1) is 13.9. The van der Waals surface area contributed by atoms with Gasteiger partial charge < -0.3 is 0 Å². The zero-order valence-corrected chi connectivity index (χ0v) is 14.4. The fraction of sp³-hybridized carbons (Fsp3) is 0. The summed E-state index contributed by atoms with van der Waals surface area (Å²) in [6, 6.07) is 7.65. The monoisotopic (exact) mass is 365 g/mol. The highest BCUT2D eigenvalue weighted by atomic mass is 15.4. The Labute approximate surface area is 157 Å². The molecule has 0 bridgehead atoms. The summed E-state index contributed by atoms with van der Waals surface area (Å²) in [5.74, 6) is 0. The predicted molar refractivity (Wildman–Crippen MR) is 101 cm³/mol. The van der Waals surface area contributed by atoms with E-state index in [-0.39, 0.29) is 0 Å². The molecule has 0 aliphatic heterocycles. The summed E-state index contributed by atoms with van der Waals surface area (Å²) in [7, 11) is 0. The van der Waals surface area contributed by atoms with Crippen molar-refractivity contribution in [1.82, 2.24) is 44.4 Å². The summed E-state index contributed by atoms with van der Waals surface area (Å²) in [6.45, 7) is 0. The zero-order valence-electron chi connectivity index (χ0n) is 14.4. The lowest BCUT2D eigenvalue weighted by atomic mass is 10.1. The van der Waals surface area contributed by atoms with Crippen LogP contribution in [0.2, 0.25) is 0 Å². The topological polar surface area (TPSA) is 99.0 Å². The second-order valence-electron chi connectivity index (χ2n) is 6.22. The van der Waals surface area contributed by atoms with Crippen LogP contribution in [0.25, 0.3) is 44.7 Å². The Bertz CT molecular complexity index is 1480. The fourth-order valence-electron chi connectivity index (χ4n) is 3.25. The predicted octanol–water partition coefficient (Wildman–Crippen LogP) is 2.44. The van der Waals surface area contributed by atoms with Crippen molar-refractivity contribution in [1.29, 1.82) is 0 Å². The molecular weight excluding hydrogens is 354 g/mol. The molecule has 132 valence electrons. The number of fused-ring (bicyclic) bond motifs is 3. The molecule has 9 heteroatoms. The van der Waals surface area contributed by atoms with E-state index in [1.807, 2.05) is 36.7 Å². The molecule has 0 atom stereocenters. The van der Waals surface area contributed by atoms with E-state index in [0.717, 1.165) is 33.4 Å². The Balaban J connectivity index is 1.49. The van der Waals surface area contributed by atoms with Crippen molar-refractivity contribution in [2.45, 2.75) is 0 Å². The molecule has 6 aromatic rings. The molecule has 0 saturated heterocycles. The number of hydrogen-bond acceptors (Lipinski definition) is 7. The molecule has 0 N–H and O–H groups in total. The average Bonchev–Trinajstić information content (AvgIpc) is 3.37. The molecule has 9 nitrogen and oxygen atoms in total. The van der Waals surface area contributed by atoms with Gasteiger partial charge in [-0.25, -0.2) is 19.5 Å². The summed E-state index contributed by atoms with van der Waals surface area (Å²) < 4.78 is 3.33. The van der Waals surface area contributed by atoms with Gasteiger partial charge in [0.1, 0.15) is 5.52 Å². The van der Waals surface area contributed by atoms with Gasteiger partial charge in [0.2, 0.25) is 0 Å². The van der Waals surface area contributed by atoms with Crippen molar-refractivity contribution in [3.63, 3.8) is 0 Å². The van der Waals surface area contributed by atoms with Gasteiger partial charge in [-0.15, -0.1) is 0 Å². The molecule has 0 amide bonds. The fourth-order valence-corrected chi connectivity index (χ4v) is 3.25. The van der Waals surface area contributed by atoms with Crippen molar-refractivity contribution in [3.8, 4) is 22.4 Å². The molecule has 0 radical (unpaired) electrons. The third-order valence-electron chi connectivity index (χ3n) is 4.58. The first-order valence-corrected chi connectivity index (χ1v) is 8.58. The van der Waals surface area contributed by atoms with Crippen LogP contribution in [-0.4, -0.2) is 44.4 Å². The van der Waals surface area contributed by atoms with Gasteiger partial charge in [0.15, 0.2) is 11.3 Å². The molecule has 0 aliphatic carbocycles. The summed E-state index contributed by atoms with van der Waals surface area (Å²) in [5, 5.41) is 12.9. The van der Waals surface area contributed by atoms with Crippen LogP contribution in [0.1, 0.15) is 0 Å². The second-order valence-corrected chi connectivity index (χ2v) is 6.22. The molecule has 0 aliphatic rings. The molecule has 0 unspecified atom stereocenters. The number of hydrogen-bond donors (Lipinski definition) is 0. The van der Waals surface area contributed by atoms with Gasteiger partial charge in [0.25, 0.3) is 0 Å². The molecule has 6 rings (SSSR count). The first-order valence-electron chi connectivity index (χ1n) is 8.58. The Morgan fingerprint density at radius 1 is 0.750 bits per heavy atom. The van der Waals surface area contributed by atoms with Gasteiger partial charge in [-0.1, -0.05) is 0 Å². The summed E-state index contributed by atoms with van der Waals surface area (Å²) >= 11 is 0. The van der Waals surface area contributed by atoms with Crippen LogP contribution in [0.3, 0.4) is 0 Å². The van der Waals surface area contributed by atoms with Crippen molar-refractivity contribution in [2.24, 2.45) is 0 Å². The first kappa shape index (κ1) is 14.9. The van der Waals surface area contributed by atoms with Crippen LogP contribution in [0.4, 0.5) is 0 Å². The molecule has 28 heavy (non-hydrogen) atoms. The van der Waals surface area contributed by atoms with E-state index in [0.29, 0.717) is 11.3 Å². The maximum absolute atomic E-state index is 4.63. The number of pyridine rings is 1. The smallest absolute Gasteiger partial charge is 0.178 e. The van der Waals surface area contributed by atoms with Crippen molar-refractivity contribution >= 4 is 22.3 Å². The molecule has 0 aromatic carbocycles. The van der Waals surface area contributed by atoms with Crippen LogP contribution < -0.4 is 0 Å². The maximum Gasteiger partial charge on any atom is 0.178 e. The van der Waals surface area contributed by atoms with Gasteiger partial charge in [0.05, 0.1) is 29.2 Å². The van der Waals surface area contributed by atoms with Crippen LogP contribution >= 0.6 is 0 Å². The molecule has 6 aromatic heterocycles. The van der Waals surface area contributed by atoms with E-state index in [4.69, 9.17) is 0 Å². The molecule has 0 spiro atoms. The Kier molecular flexibility index (Phi) is 2.98. The lowest BCUT2D eigenvalue weighted by Gasteiger charge is -2.02. The van der Waals surface area contributed by atoms with E-state index in [9.17, 15) is 0 Å². The van der Waals surface area contributed by atoms with Crippen LogP contribution in [0.15, 0.2) is 67.6 Å². The van der Waals surface area contributed by atoms with Crippen LogP contribution in [-0.2, 0) is 0 Å². The third kappa shape index (κ3) is 2.16. The van der Waals surface area contributed by atoms with Crippen LogP contribution in [0.5, 0.6) is 0 Å². The van der Waals surface area contributed by atoms with Gasteiger partial charge in [-0.3, -0.25) is 4.98 Å². The van der Waals surface area contributed by atoms with Crippen molar-refractivity contribution < 1.29 is 0 Å². The standard InChI is InChI=1S/C19H11N9/c1-2-17-13(9-25-28(17)23-5-1)12-8-22-19-14(10-24-27(19)11-12)15-3-4-16-18(26-15)21-7-6-20-16/h1-11H. The highest BCUT2D eigenvalue weighted by molar-refractivity contribution is 5.82. The largest absolute Gasteiger partial charge is 0.251 e. The van der Waals surface area contributed by atoms with Gasteiger partial charge in [-0.2, -0.15) is 19.9 Å². The highest BCUT2D eigenvalue weighted by Gasteiger charge is 2.13. The maximum atomic E-state index is 4.63. The minimum atomic E-state index is 0.592. The minimum Gasteiger partial charge on any atom is -0.251 e. The average molecular weight is 365 g/mol. The third-order valence-corrected chi connectivity index (χ3v) is 4.58.